The average Bonchev–Trinajstić information content (AvgIpc) is 2.64. The third-order valence-electron chi connectivity index (χ3n) is 4.24. The van der Waals surface area contributed by atoms with E-state index in [0.717, 1.165) is 17.7 Å². The van der Waals surface area contributed by atoms with E-state index < -0.39 is 0 Å². The minimum absolute atomic E-state index is 0.0537. The quantitative estimate of drug-likeness (QED) is 0.682. The Balaban J connectivity index is 1.60. The SMILES string of the molecule is CCCNC(=O)CN1CCN(C(=O)NCCOc2cccc(C)c2)CC1. The van der Waals surface area contributed by atoms with Gasteiger partial charge < -0.3 is 20.3 Å². The molecule has 0 saturated carbocycles. The van der Waals surface area contributed by atoms with Gasteiger partial charge in [0.15, 0.2) is 0 Å². The van der Waals surface area contributed by atoms with Crippen molar-refractivity contribution >= 4 is 11.9 Å². The Kier molecular flexibility index (Phi) is 8.21. The van der Waals surface area contributed by atoms with Gasteiger partial charge in [0.1, 0.15) is 12.4 Å². The molecular formula is C19H30N4O3. The maximum absolute atomic E-state index is 12.2. The maximum Gasteiger partial charge on any atom is 0.317 e. The Labute approximate surface area is 155 Å². The van der Waals surface area contributed by atoms with Crippen molar-refractivity contribution in [3.63, 3.8) is 0 Å². The molecule has 1 aromatic rings. The van der Waals surface area contributed by atoms with Crippen molar-refractivity contribution in [3.8, 4) is 5.75 Å². The van der Waals surface area contributed by atoms with Crippen molar-refractivity contribution in [1.29, 1.82) is 0 Å². The number of urea groups is 1. The first-order valence-electron chi connectivity index (χ1n) is 9.29. The van der Waals surface area contributed by atoms with Crippen LogP contribution in [0.2, 0.25) is 0 Å². The normalized spacial score (nSPS) is 14.8. The topological polar surface area (TPSA) is 73.9 Å². The number of ether oxygens (including phenoxy) is 1. The van der Waals surface area contributed by atoms with Crippen LogP contribution in [0.5, 0.6) is 5.75 Å². The van der Waals surface area contributed by atoms with E-state index in [-0.39, 0.29) is 11.9 Å². The van der Waals surface area contributed by atoms with Gasteiger partial charge in [-0.25, -0.2) is 4.79 Å². The van der Waals surface area contributed by atoms with Crippen LogP contribution in [0.1, 0.15) is 18.9 Å². The smallest absolute Gasteiger partial charge is 0.317 e. The van der Waals surface area contributed by atoms with Gasteiger partial charge in [-0.05, 0) is 31.0 Å². The Morgan fingerprint density at radius 1 is 1.12 bits per heavy atom. The lowest BCUT2D eigenvalue weighted by molar-refractivity contribution is -0.122. The van der Waals surface area contributed by atoms with Crippen molar-refractivity contribution in [3.05, 3.63) is 29.8 Å². The van der Waals surface area contributed by atoms with Gasteiger partial charge in [0.05, 0.1) is 13.1 Å². The molecule has 3 amide bonds. The predicted molar refractivity (Wildman–Crippen MR) is 101 cm³/mol. The number of hydrogen-bond acceptors (Lipinski definition) is 4. The van der Waals surface area contributed by atoms with Crippen LogP contribution in [-0.2, 0) is 4.79 Å². The lowest BCUT2D eigenvalue weighted by Gasteiger charge is -2.34. The Morgan fingerprint density at radius 3 is 2.58 bits per heavy atom. The Bertz CT molecular complexity index is 586. The predicted octanol–water partition coefficient (Wildman–Crippen LogP) is 1.23. The van der Waals surface area contributed by atoms with Gasteiger partial charge in [-0.2, -0.15) is 0 Å². The number of amides is 3. The molecule has 1 fully saturated rings. The minimum Gasteiger partial charge on any atom is -0.492 e. The summed E-state index contributed by atoms with van der Waals surface area (Å²) in [6.45, 7) is 8.76. The summed E-state index contributed by atoms with van der Waals surface area (Å²) in [5.41, 5.74) is 1.15. The number of aryl methyl sites for hydroxylation is 1. The van der Waals surface area contributed by atoms with E-state index in [4.69, 9.17) is 4.74 Å². The number of benzene rings is 1. The first-order chi connectivity index (χ1) is 12.6. The highest BCUT2D eigenvalue weighted by Crippen LogP contribution is 2.11. The van der Waals surface area contributed by atoms with E-state index in [1.54, 1.807) is 4.90 Å². The van der Waals surface area contributed by atoms with Crippen LogP contribution in [0, 0.1) is 6.92 Å². The highest BCUT2D eigenvalue weighted by atomic mass is 16.5. The van der Waals surface area contributed by atoms with Gasteiger partial charge >= 0.3 is 6.03 Å². The monoisotopic (exact) mass is 362 g/mol. The molecule has 144 valence electrons. The van der Waals surface area contributed by atoms with Crippen molar-refractivity contribution in [2.45, 2.75) is 20.3 Å². The molecule has 0 spiro atoms. The summed E-state index contributed by atoms with van der Waals surface area (Å²) in [5, 5.41) is 5.76. The zero-order valence-corrected chi connectivity index (χ0v) is 15.8. The summed E-state index contributed by atoms with van der Waals surface area (Å²) in [7, 11) is 0. The molecule has 2 N–H and O–H groups in total. The summed E-state index contributed by atoms with van der Waals surface area (Å²) in [6.07, 6.45) is 0.938. The fraction of sp³-hybridized carbons (Fsp3) is 0.579. The second-order valence-electron chi connectivity index (χ2n) is 6.51. The molecule has 0 radical (unpaired) electrons. The van der Waals surface area contributed by atoms with Gasteiger partial charge in [-0.1, -0.05) is 19.1 Å². The molecule has 1 saturated heterocycles. The second-order valence-corrected chi connectivity index (χ2v) is 6.51. The van der Waals surface area contributed by atoms with E-state index in [0.29, 0.717) is 52.4 Å². The standard InChI is InChI=1S/C19H30N4O3/c1-3-7-20-18(24)15-22-9-11-23(12-10-22)19(25)21-8-13-26-17-6-4-5-16(2)14-17/h4-6,14H,3,7-13,15H2,1-2H3,(H,20,24)(H,21,25). The van der Waals surface area contributed by atoms with Crippen LogP contribution < -0.4 is 15.4 Å². The highest BCUT2D eigenvalue weighted by molar-refractivity contribution is 5.78. The highest BCUT2D eigenvalue weighted by Gasteiger charge is 2.21. The zero-order chi connectivity index (χ0) is 18.8. The molecular weight excluding hydrogens is 332 g/mol. The van der Waals surface area contributed by atoms with Crippen molar-refractivity contribution in [2.24, 2.45) is 0 Å². The van der Waals surface area contributed by atoms with Gasteiger partial charge in [0.2, 0.25) is 5.91 Å². The van der Waals surface area contributed by atoms with Gasteiger partial charge in [-0.3, -0.25) is 9.69 Å². The molecule has 7 nitrogen and oxygen atoms in total. The summed E-state index contributed by atoms with van der Waals surface area (Å²) in [5.74, 6) is 0.868. The lowest BCUT2D eigenvalue weighted by Crippen LogP contribution is -2.53. The zero-order valence-electron chi connectivity index (χ0n) is 15.8. The molecule has 1 aromatic carbocycles. The molecule has 0 unspecified atom stereocenters. The van der Waals surface area contributed by atoms with Crippen LogP contribution >= 0.6 is 0 Å². The molecule has 0 aliphatic carbocycles. The van der Waals surface area contributed by atoms with Crippen LogP contribution in [0.25, 0.3) is 0 Å². The third-order valence-corrected chi connectivity index (χ3v) is 4.24. The molecule has 1 aliphatic heterocycles. The summed E-state index contributed by atoms with van der Waals surface area (Å²) in [4.78, 5) is 27.8. The van der Waals surface area contributed by atoms with E-state index in [1.165, 1.54) is 0 Å². The number of hydrogen-bond donors (Lipinski definition) is 2. The van der Waals surface area contributed by atoms with Gasteiger partial charge in [0, 0.05) is 32.7 Å². The molecule has 2 rings (SSSR count). The third kappa shape index (κ3) is 6.92. The molecule has 1 heterocycles. The number of nitrogens with zero attached hydrogens (tertiary/aromatic N) is 2. The van der Waals surface area contributed by atoms with Crippen molar-refractivity contribution in [1.82, 2.24) is 20.4 Å². The maximum atomic E-state index is 12.2. The largest absolute Gasteiger partial charge is 0.492 e. The first-order valence-corrected chi connectivity index (χ1v) is 9.29. The molecule has 7 heteroatoms. The number of carbonyl (C=O) groups excluding carboxylic acids is 2. The lowest BCUT2D eigenvalue weighted by atomic mass is 10.2. The van der Waals surface area contributed by atoms with Gasteiger partial charge in [-0.15, -0.1) is 0 Å². The Morgan fingerprint density at radius 2 is 1.88 bits per heavy atom. The minimum atomic E-state index is -0.0760. The van der Waals surface area contributed by atoms with E-state index >= 15 is 0 Å². The van der Waals surface area contributed by atoms with E-state index in [1.807, 2.05) is 38.1 Å². The molecule has 26 heavy (non-hydrogen) atoms. The average molecular weight is 362 g/mol. The molecule has 0 atom stereocenters. The fourth-order valence-electron chi connectivity index (χ4n) is 2.78. The van der Waals surface area contributed by atoms with Crippen LogP contribution in [0.4, 0.5) is 4.79 Å². The van der Waals surface area contributed by atoms with Crippen molar-refractivity contribution < 1.29 is 14.3 Å². The molecule has 0 aromatic heterocycles. The number of nitrogens with one attached hydrogen (secondary N) is 2. The summed E-state index contributed by atoms with van der Waals surface area (Å²) < 4.78 is 5.63. The van der Waals surface area contributed by atoms with Crippen LogP contribution in [0.15, 0.2) is 24.3 Å². The first kappa shape index (κ1) is 20.0. The molecule has 1 aliphatic rings. The van der Waals surface area contributed by atoms with Crippen LogP contribution in [-0.4, -0.2) is 74.2 Å². The van der Waals surface area contributed by atoms with Gasteiger partial charge in [0.25, 0.3) is 0 Å². The number of rotatable bonds is 8. The van der Waals surface area contributed by atoms with Crippen LogP contribution in [0.3, 0.4) is 0 Å². The summed E-state index contributed by atoms with van der Waals surface area (Å²) in [6, 6.07) is 7.77. The second kappa shape index (κ2) is 10.7. The van der Waals surface area contributed by atoms with Crippen molar-refractivity contribution in [2.75, 3.05) is 52.4 Å². The van der Waals surface area contributed by atoms with E-state index in [2.05, 4.69) is 15.5 Å². The Hall–Kier alpha value is -2.28. The van der Waals surface area contributed by atoms with E-state index in [9.17, 15) is 9.59 Å². The number of carbonyl (C=O) groups is 2. The number of piperazine rings is 1. The molecule has 0 bridgehead atoms. The fourth-order valence-corrected chi connectivity index (χ4v) is 2.78. The summed E-state index contributed by atoms with van der Waals surface area (Å²) >= 11 is 0.